The maximum atomic E-state index is 11.5. The van der Waals surface area contributed by atoms with Gasteiger partial charge in [-0.15, -0.1) is 0 Å². The summed E-state index contributed by atoms with van der Waals surface area (Å²) in [5, 5.41) is 11.3. The predicted octanol–water partition coefficient (Wildman–Crippen LogP) is 3.84. The average Bonchev–Trinajstić information content (AvgIpc) is 2.55. The van der Waals surface area contributed by atoms with E-state index in [2.05, 4.69) is 4.74 Å². The Morgan fingerprint density at radius 1 is 1.09 bits per heavy atom. The highest BCUT2D eigenvalue weighted by atomic mass is 35.5. The molecule has 2 aromatic rings. The van der Waals surface area contributed by atoms with Gasteiger partial charge in [0.25, 0.3) is 0 Å². The predicted molar refractivity (Wildman–Crippen MR) is 82.5 cm³/mol. The molecule has 2 rings (SSSR count). The van der Waals surface area contributed by atoms with Gasteiger partial charge in [0.05, 0.1) is 24.7 Å². The summed E-state index contributed by atoms with van der Waals surface area (Å²) in [6.45, 7) is 0. The van der Waals surface area contributed by atoms with Crippen molar-refractivity contribution in [2.24, 2.45) is 0 Å². The summed E-state index contributed by atoms with van der Waals surface area (Å²) in [6, 6.07) is 8.39. The van der Waals surface area contributed by atoms with Crippen LogP contribution in [0.5, 0.6) is 17.2 Å². The molecule has 0 amide bonds. The summed E-state index contributed by atoms with van der Waals surface area (Å²) >= 11 is 5.76. The molecule has 23 heavy (non-hydrogen) atoms. The second kappa shape index (κ2) is 6.97. The molecule has 0 saturated heterocycles. The van der Waals surface area contributed by atoms with Crippen LogP contribution in [0.25, 0.3) is 0 Å². The zero-order chi connectivity index (χ0) is 17.0. The molecular formula is C15H12ClNO6. The van der Waals surface area contributed by atoms with Crippen LogP contribution in [0, 0.1) is 10.1 Å². The van der Waals surface area contributed by atoms with E-state index in [9.17, 15) is 14.9 Å². The third kappa shape index (κ3) is 3.70. The summed E-state index contributed by atoms with van der Waals surface area (Å²) in [4.78, 5) is 22.0. The van der Waals surface area contributed by atoms with Crippen molar-refractivity contribution in [1.29, 1.82) is 0 Å². The molecule has 0 atom stereocenters. The van der Waals surface area contributed by atoms with Gasteiger partial charge in [-0.25, -0.2) is 4.79 Å². The fourth-order valence-corrected chi connectivity index (χ4v) is 2.00. The lowest BCUT2D eigenvalue weighted by Crippen LogP contribution is -2.02. The van der Waals surface area contributed by atoms with Crippen LogP contribution in [0.3, 0.4) is 0 Å². The van der Waals surface area contributed by atoms with Crippen molar-refractivity contribution in [3.05, 3.63) is 57.1 Å². The normalized spacial score (nSPS) is 10.0. The third-order valence-electron chi connectivity index (χ3n) is 2.92. The zero-order valence-corrected chi connectivity index (χ0v) is 13.0. The number of hydrogen-bond donors (Lipinski definition) is 0. The fraction of sp³-hybridized carbons (Fsp3) is 0.133. The number of ether oxygens (including phenoxy) is 3. The zero-order valence-electron chi connectivity index (χ0n) is 12.2. The molecule has 120 valence electrons. The van der Waals surface area contributed by atoms with E-state index in [-0.39, 0.29) is 33.5 Å². The molecule has 0 bridgehead atoms. The molecule has 0 aliphatic rings. The fourth-order valence-electron chi connectivity index (χ4n) is 1.83. The van der Waals surface area contributed by atoms with E-state index >= 15 is 0 Å². The lowest BCUT2D eigenvalue weighted by atomic mass is 10.2. The standard InChI is InChI=1S/C15H12ClNO6/c1-21-14-7-9(15(18)22-2)3-5-13(14)23-12-6-4-10(16)8-11(12)17(19)20/h3-8H,1-2H3. The number of benzene rings is 2. The maximum Gasteiger partial charge on any atom is 0.337 e. The first-order chi connectivity index (χ1) is 11.0. The number of halogens is 1. The number of hydrogen-bond acceptors (Lipinski definition) is 6. The molecule has 0 saturated carbocycles. The van der Waals surface area contributed by atoms with Gasteiger partial charge in [0, 0.05) is 11.1 Å². The van der Waals surface area contributed by atoms with Gasteiger partial charge in [-0.3, -0.25) is 10.1 Å². The molecule has 0 fully saturated rings. The van der Waals surface area contributed by atoms with Gasteiger partial charge in [0.1, 0.15) is 0 Å². The minimum absolute atomic E-state index is 0.00326. The van der Waals surface area contributed by atoms with Crippen LogP contribution in [-0.2, 0) is 4.74 Å². The Kier molecular flexibility index (Phi) is 5.02. The van der Waals surface area contributed by atoms with E-state index in [1.807, 2.05) is 0 Å². The highest BCUT2D eigenvalue weighted by Gasteiger charge is 2.19. The maximum absolute atomic E-state index is 11.5. The molecule has 0 heterocycles. The van der Waals surface area contributed by atoms with Gasteiger partial charge in [-0.05, 0) is 30.3 Å². The van der Waals surface area contributed by atoms with Crippen molar-refractivity contribution in [2.75, 3.05) is 14.2 Å². The van der Waals surface area contributed by atoms with E-state index in [0.29, 0.717) is 0 Å². The smallest absolute Gasteiger partial charge is 0.337 e. The van der Waals surface area contributed by atoms with Crippen molar-refractivity contribution in [1.82, 2.24) is 0 Å². The van der Waals surface area contributed by atoms with Gasteiger partial charge < -0.3 is 14.2 Å². The van der Waals surface area contributed by atoms with Gasteiger partial charge in [0.15, 0.2) is 11.5 Å². The summed E-state index contributed by atoms with van der Waals surface area (Å²) in [5.74, 6) is -0.0847. The lowest BCUT2D eigenvalue weighted by Gasteiger charge is -2.11. The first-order valence-electron chi connectivity index (χ1n) is 6.34. The van der Waals surface area contributed by atoms with Crippen LogP contribution in [0.1, 0.15) is 10.4 Å². The molecule has 0 aliphatic heterocycles. The van der Waals surface area contributed by atoms with Gasteiger partial charge in [-0.1, -0.05) is 11.6 Å². The van der Waals surface area contributed by atoms with Crippen molar-refractivity contribution in [3.63, 3.8) is 0 Å². The number of nitro benzene ring substituents is 1. The van der Waals surface area contributed by atoms with Gasteiger partial charge in [0.2, 0.25) is 5.75 Å². The molecule has 8 heteroatoms. The highest BCUT2D eigenvalue weighted by Crippen LogP contribution is 2.37. The number of carbonyl (C=O) groups excluding carboxylic acids is 1. The summed E-state index contributed by atoms with van der Waals surface area (Å²) < 4.78 is 15.3. The summed E-state index contributed by atoms with van der Waals surface area (Å²) in [5.41, 5.74) is -0.0149. The van der Waals surface area contributed by atoms with Crippen LogP contribution >= 0.6 is 11.6 Å². The minimum atomic E-state index is -0.601. The Labute approximate surface area is 136 Å². The molecule has 0 unspecified atom stereocenters. The lowest BCUT2D eigenvalue weighted by molar-refractivity contribution is -0.385. The molecule has 0 aliphatic carbocycles. The monoisotopic (exact) mass is 337 g/mol. The Morgan fingerprint density at radius 3 is 2.39 bits per heavy atom. The Balaban J connectivity index is 2.41. The average molecular weight is 338 g/mol. The van der Waals surface area contributed by atoms with Gasteiger partial charge >= 0.3 is 11.7 Å². The van der Waals surface area contributed by atoms with Crippen molar-refractivity contribution >= 4 is 23.3 Å². The van der Waals surface area contributed by atoms with E-state index in [4.69, 9.17) is 21.1 Å². The molecule has 0 spiro atoms. The van der Waals surface area contributed by atoms with Crippen molar-refractivity contribution < 1.29 is 23.9 Å². The largest absolute Gasteiger partial charge is 0.493 e. The minimum Gasteiger partial charge on any atom is -0.493 e. The molecule has 0 aromatic heterocycles. The number of carbonyl (C=O) groups is 1. The molecular weight excluding hydrogens is 326 g/mol. The number of nitro groups is 1. The number of esters is 1. The van der Waals surface area contributed by atoms with Crippen LogP contribution < -0.4 is 9.47 Å². The second-order valence-corrected chi connectivity index (χ2v) is 4.76. The third-order valence-corrected chi connectivity index (χ3v) is 3.16. The Hall–Kier alpha value is -2.80. The van der Waals surface area contributed by atoms with E-state index in [0.717, 1.165) is 0 Å². The van der Waals surface area contributed by atoms with Crippen LogP contribution in [0.4, 0.5) is 5.69 Å². The van der Waals surface area contributed by atoms with E-state index < -0.39 is 10.9 Å². The van der Waals surface area contributed by atoms with Crippen molar-refractivity contribution in [3.8, 4) is 17.2 Å². The SMILES string of the molecule is COC(=O)c1ccc(Oc2ccc(Cl)cc2[N+](=O)[O-])c(OC)c1. The first-order valence-corrected chi connectivity index (χ1v) is 6.72. The topological polar surface area (TPSA) is 87.9 Å². The molecule has 2 aromatic carbocycles. The van der Waals surface area contributed by atoms with Crippen LogP contribution in [0.15, 0.2) is 36.4 Å². The van der Waals surface area contributed by atoms with Crippen LogP contribution in [0.2, 0.25) is 5.02 Å². The molecule has 0 N–H and O–H groups in total. The number of nitrogens with zero attached hydrogens (tertiary/aromatic N) is 1. The molecule has 7 nitrogen and oxygen atoms in total. The highest BCUT2D eigenvalue weighted by molar-refractivity contribution is 6.30. The Morgan fingerprint density at radius 2 is 1.78 bits per heavy atom. The van der Waals surface area contributed by atoms with E-state index in [1.165, 1.54) is 50.6 Å². The first kappa shape index (κ1) is 16.6. The quantitative estimate of drug-likeness (QED) is 0.468. The molecule has 0 radical (unpaired) electrons. The number of methoxy groups -OCH3 is 2. The summed E-state index contributed by atoms with van der Waals surface area (Å²) in [6.07, 6.45) is 0. The van der Waals surface area contributed by atoms with E-state index in [1.54, 1.807) is 0 Å². The van der Waals surface area contributed by atoms with Gasteiger partial charge in [-0.2, -0.15) is 0 Å². The number of rotatable bonds is 5. The van der Waals surface area contributed by atoms with Crippen molar-refractivity contribution in [2.45, 2.75) is 0 Å². The Bertz CT molecular complexity index is 762. The second-order valence-electron chi connectivity index (χ2n) is 4.33. The van der Waals surface area contributed by atoms with Crippen LogP contribution in [-0.4, -0.2) is 25.1 Å². The summed E-state index contributed by atoms with van der Waals surface area (Å²) in [7, 11) is 2.65.